The zero-order chi connectivity index (χ0) is 12.7. The number of amides is 2. The molecule has 1 aromatic rings. The van der Waals surface area contributed by atoms with Gasteiger partial charge in [0, 0.05) is 17.6 Å². The second-order valence-electron chi connectivity index (χ2n) is 4.09. The van der Waals surface area contributed by atoms with E-state index >= 15 is 0 Å². The van der Waals surface area contributed by atoms with Crippen molar-refractivity contribution < 1.29 is 4.79 Å². The minimum Gasteiger partial charge on any atom is -0.338 e. The lowest BCUT2D eigenvalue weighted by molar-refractivity contribution is 0.237. The van der Waals surface area contributed by atoms with Gasteiger partial charge < -0.3 is 10.6 Å². The monoisotopic (exact) mass is 254 g/mol. The van der Waals surface area contributed by atoms with Crippen LogP contribution in [0.4, 0.5) is 4.79 Å². The molecule has 0 spiro atoms. The summed E-state index contributed by atoms with van der Waals surface area (Å²) in [7, 11) is 0. The molecule has 0 aliphatic carbocycles. The maximum absolute atomic E-state index is 11.4. The Kier molecular flexibility index (Phi) is 5.84. The van der Waals surface area contributed by atoms with Crippen LogP contribution >= 0.6 is 11.6 Å². The highest BCUT2D eigenvalue weighted by molar-refractivity contribution is 6.30. The predicted molar refractivity (Wildman–Crippen MR) is 71.4 cm³/mol. The molecule has 2 N–H and O–H groups in total. The lowest BCUT2D eigenvalue weighted by atomic mass is 10.1. The lowest BCUT2D eigenvalue weighted by Crippen LogP contribution is -2.41. The molecule has 0 heterocycles. The number of halogens is 1. The average Bonchev–Trinajstić information content (AvgIpc) is 2.29. The van der Waals surface area contributed by atoms with Crippen molar-refractivity contribution in [3.63, 3.8) is 0 Å². The summed E-state index contributed by atoms with van der Waals surface area (Å²) in [5, 5.41) is 6.40. The van der Waals surface area contributed by atoms with Gasteiger partial charge in [0.05, 0.1) is 0 Å². The molecule has 1 atom stereocenters. The van der Waals surface area contributed by atoms with Crippen LogP contribution in [-0.2, 0) is 6.42 Å². The Morgan fingerprint density at radius 3 is 2.88 bits per heavy atom. The van der Waals surface area contributed by atoms with Gasteiger partial charge in [0.2, 0.25) is 0 Å². The zero-order valence-electron chi connectivity index (χ0n) is 10.3. The fourth-order valence-corrected chi connectivity index (χ4v) is 1.60. The van der Waals surface area contributed by atoms with Crippen LogP contribution in [0.15, 0.2) is 24.3 Å². The first-order chi connectivity index (χ1) is 8.11. The molecule has 3 nitrogen and oxygen atoms in total. The third-order valence-electron chi connectivity index (χ3n) is 2.58. The van der Waals surface area contributed by atoms with E-state index in [0.29, 0.717) is 6.54 Å². The summed E-state index contributed by atoms with van der Waals surface area (Å²) < 4.78 is 0. The fraction of sp³-hybridized carbons (Fsp3) is 0.462. The van der Waals surface area contributed by atoms with E-state index in [2.05, 4.69) is 10.6 Å². The van der Waals surface area contributed by atoms with Crippen LogP contribution in [-0.4, -0.2) is 18.6 Å². The summed E-state index contributed by atoms with van der Waals surface area (Å²) in [5.41, 5.74) is 1.13. The molecule has 1 aromatic carbocycles. The molecule has 0 unspecified atom stereocenters. The third-order valence-corrected chi connectivity index (χ3v) is 2.81. The number of hydrogen-bond acceptors (Lipinski definition) is 1. The van der Waals surface area contributed by atoms with Gasteiger partial charge in [-0.05, 0) is 37.5 Å². The van der Waals surface area contributed by atoms with Crippen LogP contribution in [0, 0.1) is 0 Å². The molecule has 0 aliphatic heterocycles. The van der Waals surface area contributed by atoms with E-state index in [4.69, 9.17) is 11.6 Å². The highest BCUT2D eigenvalue weighted by Crippen LogP contribution is 2.10. The zero-order valence-corrected chi connectivity index (χ0v) is 11.1. The van der Waals surface area contributed by atoms with Gasteiger partial charge in [0.1, 0.15) is 0 Å². The molecule has 0 aliphatic rings. The summed E-state index contributed by atoms with van der Waals surface area (Å²) in [6.45, 7) is 4.63. The molecule has 0 saturated carbocycles. The minimum absolute atomic E-state index is 0.110. The lowest BCUT2D eigenvalue weighted by Gasteiger charge is -2.12. The summed E-state index contributed by atoms with van der Waals surface area (Å²) in [4.78, 5) is 11.4. The van der Waals surface area contributed by atoms with Gasteiger partial charge in [-0.15, -0.1) is 0 Å². The van der Waals surface area contributed by atoms with Gasteiger partial charge >= 0.3 is 6.03 Å². The Morgan fingerprint density at radius 2 is 2.24 bits per heavy atom. The van der Waals surface area contributed by atoms with Crippen molar-refractivity contribution in [2.45, 2.75) is 32.7 Å². The van der Waals surface area contributed by atoms with E-state index in [1.807, 2.05) is 38.1 Å². The van der Waals surface area contributed by atoms with E-state index < -0.39 is 0 Å². The Hall–Kier alpha value is -1.22. The number of hydrogen-bond donors (Lipinski definition) is 2. The molecule has 0 bridgehead atoms. The van der Waals surface area contributed by atoms with E-state index in [-0.39, 0.29) is 12.1 Å². The van der Waals surface area contributed by atoms with Gasteiger partial charge in [-0.3, -0.25) is 0 Å². The first kappa shape index (κ1) is 13.8. The van der Waals surface area contributed by atoms with Crippen LogP contribution < -0.4 is 10.6 Å². The Labute approximate surface area is 108 Å². The summed E-state index contributed by atoms with van der Waals surface area (Å²) >= 11 is 5.87. The average molecular weight is 255 g/mol. The van der Waals surface area contributed by atoms with Crippen LogP contribution in [0.25, 0.3) is 0 Å². The first-order valence-electron chi connectivity index (χ1n) is 5.90. The number of benzene rings is 1. The largest absolute Gasteiger partial charge is 0.338 e. The third kappa shape index (κ3) is 5.59. The summed E-state index contributed by atoms with van der Waals surface area (Å²) in [6.07, 6.45) is 1.72. The molecule has 1 rings (SSSR count). The standard InChI is InChI=1S/C13H19ClN2O/c1-3-10(2)16-13(17)15-8-7-11-5-4-6-12(14)9-11/h4-6,9-10H,3,7-8H2,1-2H3,(H2,15,16,17)/t10-/m1/s1. The highest BCUT2D eigenvalue weighted by Gasteiger charge is 2.03. The molecule has 2 amide bonds. The number of nitrogens with one attached hydrogen (secondary N) is 2. The van der Waals surface area contributed by atoms with E-state index in [1.165, 1.54) is 0 Å². The molecular weight excluding hydrogens is 236 g/mol. The number of urea groups is 1. The van der Waals surface area contributed by atoms with Gasteiger partial charge in [0.15, 0.2) is 0 Å². The highest BCUT2D eigenvalue weighted by atomic mass is 35.5. The second-order valence-corrected chi connectivity index (χ2v) is 4.53. The van der Waals surface area contributed by atoms with Crippen molar-refractivity contribution in [3.8, 4) is 0 Å². The maximum atomic E-state index is 11.4. The predicted octanol–water partition coefficient (Wildman–Crippen LogP) is 2.98. The fourth-order valence-electron chi connectivity index (χ4n) is 1.39. The van der Waals surface area contributed by atoms with E-state index in [0.717, 1.165) is 23.4 Å². The Balaban J connectivity index is 2.26. The van der Waals surface area contributed by atoms with Crippen LogP contribution in [0.5, 0.6) is 0 Å². The van der Waals surface area contributed by atoms with Crippen LogP contribution in [0.3, 0.4) is 0 Å². The molecule has 0 radical (unpaired) electrons. The Morgan fingerprint density at radius 1 is 1.47 bits per heavy atom. The van der Waals surface area contributed by atoms with Crippen molar-refractivity contribution in [1.29, 1.82) is 0 Å². The first-order valence-corrected chi connectivity index (χ1v) is 6.28. The summed E-state index contributed by atoms with van der Waals surface area (Å²) in [6, 6.07) is 7.77. The number of carbonyl (C=O) groups excluding carboxylic acids is 1. The molecule has 17 heavy (non-hydrogen) atoms. The maximum Gasteiger partial charge on any atom is 0.315 e. The molecule has 0 saturated heterocycles. The van der Waals surface area contributed by atoms with Crippen molar-refractivity contribution in [2.24, 2.45) is 0 Å². The molecule has 0 fully saturated rings. The molecule has 4 heteroatoms. The normalized spacial score (nSPS) is 11.9. The van der Waals surface area contributed by atoms with Crippen molar-refractivity contribution >= 4 is 17.6 Å². The topological polar surface area (TPSA) is 41.1 Å². The van der Waals surface area contributed by atoms with Crippen LogP contribution in [0.2, 0.25) is 5.02 Å². The smallest absolute Gasteiger partial charge is 0.315 e. The quantitative estimate of drug-likeness (QED) is 0.833. The van der Waals surface area contributed by atoms with Gasteiger partial charge in [-0.25, -0.2) is 4.79 Å². The molecule has 94 valence electrons. The summed E-state index contributed by atoms with van der Waals surface area (Å²) in [5.74, 6) is 0. The van der Waals surface area contributed by atoms with Crippen molar-refractivity contribution in [1.82, 2.24) is 10.6 Å². The van der Waals surface area contributed by atoms with Gasteiger partial charge in [0.25, 0.3) is 0 Å². The SMILES string of the molecule is CC[C@@H](C)NC(=O)NCCc1cccc(Cl)c1. The second kappa shape index (κ2) is 7.17. The molecule has 0 aromatic heterocycles. The number of carbonyl (C=O) groups is 1. The van der Waals surface area contributed by atoms with Crippen molar-refractivity contribution in [2.75, 3.05) is 6.54 Å². The van der Waals surface area contributed by atoms with Crippen molar-refractivity contribution in [3.05, 3.63) is 34.9 Å². The minimum atomic E-state index is -0.110. The number of rotatable bonds is 5. The van der Waals surface area contributed by atoms with Gasteiger partial charge in [-0.1, -0.05) is 30.7 Å². The van der Waals surface area contributed by atoms with E-state index in [9.17, 15) is 4.79 Å². The van der Waals surface area contributed by atoms with E-state index in [1.54, 1.807) is 0 Å². The van der Waals surface area contributed by atoms with Crippen LogP contribution in [0.1, 0.15) is 25.8 Å². The molecular formula is C13H19ClN2O. The van der Waals surface area contributed by atoms with Gasteiger partial charge in [-0.2, -0.15) is 0 Å². The Bertz CT molecular complexity index is 368.